The van der Waals surface area contributed by atoms with E-state index in [2.05, 4.69) is 0 Å². The molecule has 4 heteroatoms. The van der Waals surface area contributed by atoms with Crippen molar-refractivity contribution in [3.63, 3.8) is 0 Å². The van der Waals surface area contributed by atoms with Crippen molar-refractivity contribution in [2.45, 2.75) is 24.2 Å². The van der Waals surface area contributed by atoms with Gasteiger partial charge in [-0.05, 0) is 25.0 Å². The fourth-order valence-corrected chi connectivity index (χ4v) is 3.29. The minimum absolute atomic E-state index is 0.0775. The number of benzene rings is 1. The lowest BCUT2D eigenvalue weighted by atomic mass is 9.93. The summed E-state index contributed by atoms with van der Waals surface area (Å²) in [4.78, 5) is 24.1. The molecule has 1 aromatic carbocycles. The Bertz CT molecular complexity index is 430. The molecule has 0 amide bonds. The normalized spacial score (nSPS) is 22.9. The van der Waals surface area contributed by atoms with Crippen LogP contribution < -0.4 is 0 Å². The summed E-state index contributed by atoms with van der Waals surface area (Å²) in [6.07, 6.45) is 2.22. The lowest BCUT2D eigenvalue weighted by molar-refractivity contribution is -0.145. The average Bonchev–Trinajstić information content (AvgIpc) is 2.86. The zero-order valence-electron chi connectivity index (χ0n) is 10.0. The highest BCUT2D eigenvalue weighted by Gasteiger charge is 2.37. The topological polar surface area (TPSA) is 54.4 Å². The standard InChI is InChI=1S/C14H16O3S/c15-13(9-18-10-5-2-1-3-6-10)11-7-4-8-12(11)14(16)17/h1-3,5-6,11-12H,4,7-9H2,(H,16,17). The van der Waals surface area contributed by atoms with Crippen LogP contribution in [0.1, 0.15) is 19.3 Å². The fourth-order valence-electron chi connectivity index (χ4n) is 2.42. The molecule has 0 heterocycles. The Morgan fingerprint density at radius 3 is 2.50 bits per heavy atom. The van der Waals surface area contributed by atoms with Crippen molar-refractivity contribution in [3.8, 4) is 0 Å². The number of hydrogen-bond acceptors (Lipinski definition) is 3. The lowest BCUT2D eigenvalue weighted by Crippen LogP contribution is -2.26. The average molecular weight is 264 g/mol. The van der Waals surface area contributed by atoms with Crippen LogP contribution in [0.3, 0.4) is 0 Å². The minimum atomic E-state index is -0.824. The summed E-state index contributed by atoms with van der Waals surface area (Å²) in [5.41, 5.74) is 0. The van der Waals surface area contributed by atoms with Crippen LogP contribution in [0, 0.1) is 11.8 Å². The molecular weight excluding hydrogens is 248 g/mol. The van der Waals surface area contributed by atoms with Crippen molar-refractivity contribution in [2.75, 3.05) is 5.75 Å². The van der Waals surface area contributed by atoms with Crippen LogP contribution in [-0.2, 0) is 9.59 Å². The van der Waals surface area contributed by atoms with Crippen molar-refractivity contribution >= 4 is 23.5 Å². The third-order valence-corrected chi connectivity index (χ3v) is 4.41. The van der Waals surface area contributed by atoms with Gasteiger partial charge in [0.2, 0.25) is 0 Å². The van der Waals surface area contributed by atoms with Gasteiger partial charge in [-0.3, -0.25) is 9.59 Å². The van der Waals surface area contributed by atoms with Crippen LogP contribution in [0.2, 0.25) is 0 Å². The van der Waals surface area contributed by atoms with E-state index in [1.807, 2.05) is 30.3 Å². The van der Waals surface area contributed by atoms with Gasteiger partial charge in [0.1, 0.15) is 5.78 Å². The molecule has 2 atom stereocenters. The van der Waals surface area contributed by atoms with Gasteiger partial charge < -0.3 is 5.11 Å². The number of aliphatic carboxylic acids is 1. The number of rotatable bonds is 5. The van der Waals surface area contributed by atoms with Gasteiger partial charge in [0.05, 0.1) is 11.7 Å². The number of hydrogen-bond donors (Lipinski definition) is 1. The molecule has 0 aromatic heterocycles. The van der Waals surface area contributed by atoms with Gasteiger partial charge >= 0.3 is 5.97 Å². The Morgan fingerprint density at radius 2 is 1.83 bits per heavy atom. The van der Waals surface area contributed by atoms with Crippen LogP contribution >= 0.6 is 11.8 Å². The Labute approximate surface area is 111 Å². The highest BCUT2D eigenvalue weighted by atomic mass is 32.2. The number of carboxylic acids is 1. The van der Waals surface area contributed by atoms with Crippen LogP contribution in [0.25, 0.3) is 0 Å². The van der Waals surface area contributed by atoms with Gasteiger partial charge in [-0.1, -0.05) is 24.6 Å². The van der Waals surface area contributed by atoms with Gasteiger partial charge in [0.15, 0.2) is 0 Å². The molecule has 0 radical (unpaired) electrons. The van der Waals surface area contributed by atoms with Crippen LogP contribution in [0.5, 0.6) is 0 Å². The highest BCUT2D eigenvalue weighted by molar-refractivity contribution is 8.00. The molecule has 1 saturated carbocycles. The van der Waals surface area contributed by atoms with Gasteiger partial charge in [-0.2, -0.15) is 0 Å². The van der Waals surface area contributed by atoms with E-state index in [4.69, 9.17) is 5.11 Å². The van der Waals surface area contributed by atoms with Gasteiger partial charge in [-0.15, -0.1) is 11.8 Å². The number of carbonyl (C=O) groups excluding carboxylic acids is 1. The first-order valence-electron chi connectivity index (χ1n) is 6.12. The minimum Gasteiger partial charge on any atom is -0.481 e. The first-order valence-corrected chi connectivity index (χ1v) is 7.10. The molecule has 2 rings (SSSR count). The molecule has 1 N–H and O–H groups in total. The largest absolute Gasteiger partial charge is 0.481 e. The molecule has 0 aliphatic heterocycles. The molecule has 0 spiro atoms. The third kappa shape index (κ3) is 3.13. The highest BCUT2D eigenvalue weighted by Crippen LogP contribution is 2.34. The Morgan fingerprint density at radius 1 is 1.17 bits per heavy atom. The summed E-state index contributed by atoms with van der Waals surface area (Å²) in [5.74, 6) is -1.12. The zero-order chi connectivity index (χ0) is 13.0. The van der Waals surface area contributed by atoms with Crippen molar-refractivity contribution in [1.29, 1.82) is 0 Å². The van der Waals surface area contributed by atoms with E-state index in [9.17, 15) is 9.59 Å². The van der Waals surface area contributed by atoms with Crippen molar-refractivity contribution in [1.82, 2.24) is 0 Å². The number of carbonyl (C=O) groups is 2. The summed E-state index contributed by atoms with van der Waals surface area (Å²) in [7, 11) is 0. The van der Waals surface area contributed by atoms with Crippen LogP contribution in [0.15, 0.2) is 35.2 Å². The van der Waals surface area contributed by atoms with E-state index in [0.29, 0.717) is 12.2 Å². The van der Waals surface area contributed by atoms with E-state index in [1.165, 1.54) is 11.8 Å². The van der Waals surface area contributed by atoms with Gasteiger partial charge in [0.25, 0.3) is 0 Å². The van der Waals surface area contributed by atoms with E-state index >= 15 is 0 Å². The second kappa shape index (κ2) is 6.05. The second-order valence-electron chi connectivity index (χ2n) is 4.55. The van der Waals surface area contributed by atoms with Gasteiger partial charge in [0, 0.05) is 10.8 Å². The molecule has 2 unspecified atom stereocenters. The molecule has 3 nitrogen and oxygen atoms in total. The second-order valence-corrected chi connectivity index (χ2v) is 5.60. The summed E-state index contributed by atoms with van der Waals surface area (Å²) < 4.78 is 0. The maximum absolute atomic E-state index is 12.0. The molecule has 1 aromatic rings. The van der Waals surface area contributed by atoms with E-state index in [-0.39, 0.29) is 11.7 Å². The maximum atomic E-state index is 12.0. The Hall–Kier alpha value is -1.29. The molecule has 96 valence electrons. The summed E-state index contributed by atoms with van der Waals surface area (Å²) >= 11 is 1.49. The molecule has 1 aliphatic rings. The van der Waals surface area contributed by atoms with Crippen LogP contribution in [-0.4, -0.2) is 22.6 Å². The van der Waals surface area contributed by atoms with E-state index < -0.39 is 11.9 Å². The number of thioether (sulfide) groups is 1. The van der Waals surface area contributed by atoms with E-state index in [0.717, 1.165) is 17.7 Å². The van der Waals surface area contributed by atoms with Crippen molar-refractivity contribution < 1.29 is 14.7 Å². The van der Waals surface area contributed by atoms with Crippen LogP contribution in [0.4, 0.5) is 0 Å². The van der Waals surface area contributed by atoms with Crippen molar-refractivity contribution in [3.05, 3.63) is 30.3 Å². The molecule has 0 saturated heterocycles. The predicted octanol–water partition coefficient (Wildman–Crippen LogP) is 2.85. The van der Waals surface area contributed by atoms with E-state index in [1.54, 1.807) is 0 Å². The first kappa shape index (κ1) is 13.1. The Kier molecular flexibility index (Phi) is 4.42. The monoisotopic (exact) mass is 264 g/mol. The zero-order valence-corrected chi connectivity index (χ0v) is 10.9. The molecule has 18 heavy (non-hydrogen) atoms. The molecular formula is C14H16O3S. The SMILES string of the molecule is O=C(O)C1CCCC1C(=O)CSc1ccccc1. The lowest BCUT2D eigenvalue weighted by Gasteiger charge is -2.13. The summed E-state index contributed by atoms with van der Waals surface area (Å²) in [5, 5.41) is 9.06. The van der Waals surface area contributed by atoms with Gasteiger partial charge in [-0.25, -0.2) is 0 Å². The summed E-state index contributed by atoms with van der Waals surface area (Å²) in [6.45, 7) is 0. The first-order chi connectivity index (χ1) is 8.68. The maximum Gasteiger partial charge on any atom is 0.307 e. The third-order valence-electron chi connectivity index (χ3n) is 3.37. The molecule has 1 fully saturated rings. The summed E-state index contributed by atoms with van der Waals surface area (Å²) in [6, 6.07) is 9.72. The molecule has 0 bridgehead atoms. The molecule has 1 aliphatic carbocycles. The number of ketones is 1. The number of carboxylic acid groups (broad SMARTS) is 1. The Balaban J connectivity index is 1.90. The predicted molar refractivity (Wildman–Crippen MR) is 70.6 cm³/mol. The smallest absolute Gasteiger partial charge is 0.307 e. The quantitative estimate of drug-likeness (QED) is 0.831. The van der Waals surface area contributed by atoms with Crippen molar-refractivity contribution in [2.24, 2.45) is 11.8 Å². The fraction of sp³-hybridized carbons (Fsp3) is 0.429. The number of Topliss-reactive ketones (excluding diaryl/α,β-unsaturated/α-hetero) is 1.